The number of nitrogens with zero attached hydrogens (tertiary/aromatic N) is 5. The predicted octanol–water partition coefficient (Wildman–Crippen LogP) is 3.02. The van der Waals surface area contributed by atoms with E-state index in [0.717, 1.165) is 34.9 Å². The van der Waals surface area contributed by atoms with Crippen molar-refractivity contribution in [3.63, 3.8) is 0 Å². The molecule has 0 N–H and O–H groups in total. The number of aryl methyl sites for hydroxylation is 1. The van der Waals surface area contributed by atoms with Gasteiger partial charge in [-0.05, 0) is 25.0 Å². The first kappa shape index (κ1) is 14.2. The lowest BCUT2D eigenvalue weighted by Gasteiger charge is -1.96. The molecule has 21 heavy (non-hydrogen) atoms. The Morgan fingerprint density at radius 2 is 2.19 bits per heavy atom. The van der Waals surface area contributed by atoms with Crippen molar-refractivity contribution in [1.82, 2.24) is 25.0 Å². The van der Waals surface area contributed by atoms with Crippen LogP contribution in [0.4, 0.5) is 0 Å². The van der Waals surface area contributed by atoms with Crippen LogP contribution in [0.1, 0.15) is 17.8 Å². The molecule has 0 spiro atoms. The zero-order valence-corrected chi connectivity index (χ0v) is 12.9. The van der Waals surface area contributed by atoms with Crippen molar-refractivity contribution in [1.29, 1.82) is 0 Å². The van der Waals surface area contributed by atoms with Crippen LogP contribution in [-0.2, 0) is 13.0 Å². The van der Waals surface area contributed by atoms with E-state index in [2.05, 4.69) is 20.3 Å². The Kier molecular flexibility index (Phi) is 4.57. The van der Waals surface area contributed by atoms with E-state index >= 15 is 0 Å². The molecular weight excluding hydrogens is 306 g/mol. The van der Waals surface area contributed by atoms with Gasteiger partial charge in [0, 0.05) is 23.7 Å². The highest BCUT2D eigenvalue weighted by molar-refractivity contribution is 7.13. The third-order valence-electron chi connectivity index (χ3n) is 2.91. The second kappa shape index (κ2) is 6.78. The normalized spacial score (nSPS) is 10.9. The van der Waals surface area contributed by atoms with Crippen LogP contribution in [0.2, 0.25) is 0 Å². The summed E-state index contributed by atoms with van der Waals surface area (Å²) in [6.07, 6.45) is 5.50. The van der Waals surface area contributed by atoms with E-state index in [-0.39, 0.29) is 0 Å². The van der Waals surface area contributed by atoms with Crippen LogP contribution in [0.25, 0.3) is 10.7 Å². The highest BCUT2D eigenvalue weighted by atomic mass is 35.5. The summed E-state index contributed by atoms with van der Waals surface area (Å²) in [5.74, 6) is 0.645. The standard InChI is InChI=1S/C14H14ClN5S/c15-6-3-4-11-8-20(19-18-11)9-12-10-21-14(17-12)13-5-1-2-7-16-13/h1-2,5,7-8,10H,3-4,6,9H2. The van der Waals surface area contributed by atoms with Gasteiger partial charge in [0.2, 0.25) is 0 Å². The van der Waals surface area contributed by atoms with Crippen LogP contribution >= 0.6 is 22.9 Å². The number of hydrogen-bond donors (Lipinski definition) is 0. The zero-order chi connectivity index (χ0) is 14.5. The maximum Gasteiger partial charge on any atom is 0.142 e. The highest BCUT2D eigenvalue weighted by Gasteiger charge is 2.07. The van der Waals surface area contributed by atoms with E-state index in [1.165, 1.54) is 0 Å². The highest BCUT2D eigenvalue weighted by Crippen LogP contribution is 2.21. The molecule has 0 saturated carbocycles. The van der Waals surface area contributed by atoms with Gasteiger partial charge in [-0.25, -0.2) is 9.67 Å². The summed E-state index contributed by atoms with van der Waals surface area (Å²) in [5.41, 5.74) is 2.83. The third kappa shape index (κ3) is 3.65. The number of thiazole rings is 1. The Balaban J connectivity index is 1.68. The molecule has 3 aromatic heterocycles. The zero-order valence-electron chi connectivity index (χ0n) is 11.3. The average Bonchev–Trinajstić information content (AvgIpc) is 3.16. The van der Waals surface area contributed by atoms with Crippen molar-refractivity contribution in [3.05, 3.63) is 47.4 Å². The van der Waals surface area contributed by atoms with Crippen LogP contribution in [0.3, 0.4) is 0 Å². The van der Waals surface area contributed by atoms with Gasteiger partial charge in [-0.3, -0.25) is 4.98 Å². The van der Waals surface area contributed by atoms with Gasteiger partial charge < -0.3 is 0 Å². The van der Waals surface area contributed by atoms with Gasteiger partial charge in [-0.15, -0.1) is 28.0 Å². The molecule has 7 heteroatoms. The lowest BCUT2D eigenvalue weighted by atomic mass is 10.3. The summed E-state index contributed by atoms with van der Waals surface area (Å²) >= 11 is 7.27. The molecule has 0 aliphatic heterocycles. The second-order valence-corrected chi connectivity index (χ2v) is 5.80. The molecule has 0 bridgehead atoms. The van der Waals surface area contributed by atoms with Gasteiger partial charge in [0.25, 0.3) is 0 Å². The first-order valence-electron chi connectivity index (χ1n) is 6.66. The van der Waals surface area contributed by atoms with E-state index < -0.39 is 0 Å². The van der Waals surface area contributed by atoms with Gasteiger partial charge in [0.05, 0.1) is 23.6 Å². The third-order valence-corrected chi connectivity index (χ3v) is 4.09. The minimum Gasteiger partial charge on any atom is -0.254 e. The van der Waals surface area contributed by atoms with Gasteiger partial charge in [0.1, 0.15) is 5.01 Å². The molecule has 108 valence electrons. The molecule has 3 rings (SSSR count). The fraction of sp³-hybridized carbons (Fsp3) is 0.286. The molecule has 3 aromatic rings. The minimum absolute atomic E-state index is 0.622. The van der Waals surface area contributed by atoms with E-state index in [9.17, 15) is 0 Å². The first-order valence-corrected chi connectivity index (χ1v) is 8.07. The average molecular weight is 320 g/mol. The molecule has 0 aliphatic rings. The van der Waals surface area contributed by atoms with Gasteiger partial charge in [-0.1, -0.05) is 11.3 Å². The quantitative estimate of drug-likeness (QED) is 0.655. The fourth-order valence-corrected chi connectivity index (χ4v) is 2.85. The summed E-state index contributed by atoms with van der Waals surface area (Å²) in [7, 11) is 0. The molecule has 0 unspecified atom stereocenters. The lowest BCUT2D eigenvalue weighted by Crippen LogP contribution is -2.00. The van der Waals surface area contributed by atoms with Crippen molar-refractivity contribution in [3.8, 4) is 10.7 Å². The molecule has 0 saturated heterocycles. The SMILES string of the molecule is ClCCCc1cn(Cc2csc(-c3ccccn3)n2)nn1. The maximum atomic E-state index is 5.68. The van der Waals surface area contributed by atoms with E-state index in [0.29, 0.717) is 12.4 Å². The van der Waals surface area contributed by atoms with Crippen molar-refractivity contribution in [2.24, 2.45) is 0 Å². The van der Waals surface area contributed by atoms with E-state index in [4.69, 9.17) is 11.6 Å². The first-order chi connectivity index (χ1) is 10.3. The number of rotatable bonds is 6. The minimum atomic E-state index is 0.622. The molecule has 0 radical (unpaired) electrons. The smallest absolute Gasteiger partial charge is 0.142 e. The fourth-order valence-electron chi connectivity index (χ4n) is 1.93. The van der Waals surface area contributed by atoms with Gasteiger partial charge in [0.15, 0.2) is 0 Å². The summed E-state index contributed by atoms with van der Waals surface area (Å²) in [5, 5.41) is 11.2. The molecule has 0 aromatic carbocycles. The van der Waals surface area contributed by atoms with Crippen LogP contribution in [0, 0.1) is 0 Å². The largest absolute Gasteiger partial charge is 0.254 e. The second-order valence-electron chi connectivity index (χ2n) is 4.56. The van der Waals surface area contributed by atoms with Crippen LogP contribution in [-0.4, -0.2) is 30.8 Å². The number of alkyl halides is 1. The molecule has 0 atom stereocenters. The van der Waals surface area contributed by atoms with Crippen molar-refractivity contribution in [2.45, 2.75) is 19.4 Å². The van der Waals surface area contributed by atoms with Crippen LogP contribution < -0.4 is 0 Å². The number of halogens is 1. The van der Waals surface area contributed by atoms with Gasteiger partial charge in [-0.2, -0.15) is 0 Å². The maximum absolute atomic E-state index is 5.68. The Hall–Kier alpha value is -1.79. The number of pyridine rings is 1. The van der Waals surface area contributed by atoms with E-state index in [1.807, 2.05) is 29.8 Å². The molecule has 0 fully saturated rings. The molecule has 5 nitrogen and oxygen atoms in total. The predicted molar refractivity (Wildman–Crippen MR) is 83.5 cm³/mol. The van der Waals surface area contributed by atoms with E-state index in [1.54, 1.807) is 22.2 Å². The summed E-state index contributed by atoms with van der Waals surface area (Å²) < 4.78 is 1.81. The Morgan fingerprint density at radius 1 is 1.24 bits per heavy atom. The Morgan fingerprint density at radius 3 is 3.00 bits per heavy atom. The van der Waals surface area contributed by atoms with Crippen molar-refractivity contribution in [2.75, 3.05) is 5.88 Å². The van der Waals surface area contributed by atoms with Crippen molar-refractivity contribution < 1.29 is 0 Å². The Labute approximate surface area is 131 Å². The summed E-state index contributed by atoms with van der Waals surface area (Å²) in [4.78, 5) is 8.90. The topological polar surface area (TPSA) is 56.5 Å². The Bertz CT molecular complexity index is 694. The van der Waals surface area contributed by atoms with Crippen LogP contribution in [0.15, 0.2) is 36.0 Å². The number of aromatic nitrogens is 5. The van der Waals surface area contributed by atoms with Crippen molar-refractivity contribution >= 4 is 22.9 Å². The summed E-state index contributed by atoms with van der Waals surface area (Å²) in [6, 6.07) is 5.82. The summed E-state index contributed by atoms with van der Waals surface area (Å²) in [6.45, 7) is 0.622. The molecule has 3 heterocycles. The monoisotopic (exact) mass is 319 g/mol. The van der Waals surface area contributed by atoms with Gasteiger partial charge >= 0.3 is 0 Å². The van der Waals surface area contributed by atoms with Crippen LogP contribution in [0.5, 0.6) is 0 Å². The molecule has 0 aliphatic carbocycles. The lowest BCUT2D eigenvalue weighted by molar-refractivity contribution is 0.640. The molecular formula is C14H14ClN5S. The number of hydrogen-bond acceptors (Lipinski definition) is 5. The molecule has 0 amide bonds.